The molecule has 2 rings (SSSR count). The maximum Gasteiger partial charge on any atom is 0.198 e. The summed E-state index contributed by atoms with van der Waals surface area (Å²) >= 11 is 0. The van der Waals surface area contributed by atoms with E-state index in [0.717, 1.165) is 5.56 Å². The maximum absolute atomic E-state index is 14.0. The van der Waals surface area contributed by atoms with E-state index in [-0.39, 0.29) is 23.4 Å². The summed E-state index contributed by atoms with van der Waals surface area (Å²) in [6.07, 6.45) is 0. The van der Waals surface area contributed by atoms with E-state index in [1.807, 2.05) is 26.8 Å². The lowest BCUT2D eigenvalue weighted by atomic mass is 10.2. The zero-order valence-electron chi connectivity index (χ0n) is 12.4. The number of oxazole rings is 1. The molecule has 1 aromatic heterocycles. The summed E-state index contributed by atoms with van der Waals surface area (Å²) in [5.41, 5.74) is 1.66. The molecule has 0 aliphatic carbocycles. The number of nitrogens with zero attached hydrogens (tertiary/aromatic N) is 1. The van der Waals surface area contributed by atoms with Crippen LogP contribution in [0.2, 0.25) is 0 Å². The quantitative estimate of drug-likeness (QED) is 0.882. The van der Waals surface area contributed by atoms with Crippen LogP contribution in [0.4, 0.5) is 4.39 Å². The van der Waals surface area contributed by atoms with E-state index >= 15 is 0 Å². The first kappa shape index (κ1) is 14.9. The number of fused-ring (bicyclic) bond motifs is 1. The van der Waals surface area contributed by atoms with E-state index in [1.54, 1.807) is 7.11 Å². The molecule has 0 unspecified atom stereocenters. The first-order chi connectivity index (χ1) is 9.51. The number of hydrogen-bond donors (Lipinski definition) is 1. The number of rotatable bonds is 6. The van der Waals surface area contributed by atoms with Gasteiger partial charge in [-0.1, -0.05) is 13.8 Å². The van der Waals surface area contributed by atoms with Crippen LogP contribution < -0.4 is 5.32 Å². The predicted octanol–water partition coefficient (Wildman–Crippen LogP) is 3.21. The normalized spacial score (nSPS) is 13.3. The summed E-state index contributed by atoms with van der Waals surface area (Å²) in [7, 11) is 1.66. The van der Waals surface area contributed by atoms with Crippen LogP contribution in [-0.4, -0.2) is 24.7 Å². The number of aromatic nitrogens is 1. The molecule has 0 aliphatic rings. The summed E-state index contributed by atoms with van der Waals surface area (Å²) in [5.74, 6) is 0.347. The van der Waals surface area contributed by atoms with Crippen molar-refractivity contribution in [3.05, 3.63) is 29.4 Å². The maximum atomic E-state index is 14.0. The van der Waals surface area contributed by atoms with Crippen LogP contribution in [0.5, 0.6) is 0 Å². The zero-order chi connectivity index (χ0) is 14.7. The van der Waals surface area contributed by atoms with E-state index < -0.39 is 0 Å². The van der Waals surface area contributed by atoms with Crippen LogP contribution in [0.15, 0.2) is 16.5 Å². The van der Waals surface area contributed by atoms with Gasteiger partial charge in [0.2, 0.25) is 0 Å². The fraction of sp³-hybridized carbons (Fsp3) is 0.533. The largest absolute Gasteiger partial charge is 0.437 e. The first-order valence-corrected chi connectivity index (χ1v) is 6.82. The number of methoxy groups -OCH3 is 1. The van der Waals surface area contributed by atoms with E-state index in [9.17, 15) is 4.39 Å². The average Bonchev–Trinajstić information content (AvgIpc) is 2.81. The van der Waals surface area contributed by atoms with Crippen molar-refractivity contribution in [1.82, 2.24) is 10.3 Å². The third kappa shape index (κ3) is 3.35. The molecule has 20 heavy (non-hydrogen) atoms. The minimum atomic E-state index is -0.363. The van der Waals surface area contributed by atoms with E-state index in [4.69, 9.17) is 9.15 Å². The van der Waals surface area contributed by atoms with Crippen LogP contribution in [0.1, 0.15) is 38.1 Å². The lowest BCUT2D eigenvalue weighted by Gasteiger charge is -2.12. The van der Waals surface area contributed by atoms with Crippen molar-refractivity contribution in [3.8, 4) is 0 Å². The minimum Gasteiger partial charge on any atom is -0.437 e. The van der Waals surface area contributed by atoms with Crippen molar-refractivity contribution in [3.63, 3.8) is 0 Å². The van der Waals surface area contributed by atoms with Gasteiger partial charge in [-0.05, 0) is 24.6 Å². The van der Waals surface area contributed by atoms with Gasteiger partial charge in [-0.3, -0.25) is 0 Å². The summed E-state index contributed by atoms with van der Waals surface area (Å²) in [5, 5.41) is 3.27. The fourth-order valence-electron chi connectivity index (χ4n) is 2.01. The lowest BCUT2D eigenvalue weighted by molar-refractivity contribution is 0.171. The van der Waals surface area contributed by atoms with Crippen molar-refractivity contribution in [2.75, 3.05) is 13.7 Å². The third-order valence-corrected chi connectivity index (χ3v) is 3.09. The number of halogens is 1. The van der Waals surface area contributed by atoms with Crippen LogP contribution in [0.25, 0.3) is 11.1 Å². The van der Waals surface area contributed by atoms with Crippen LogP contribution in [-0.2, 0) is 11.3 Å². The Hall–Kier alpha value is -1.46. The van der Waals surface area contributed by atoms with Crippen molar-refractivity contribution in [1.29, 1.82) is 0 Å². The van der Waals surface area contributed by atoms with Gasteiger partial charge in [0.15, 0.2) is 17.3 Å². The summed E-state index contributed by atoms with van der Waals surface area (Å²) in [6, 6.07) is 3.56. The molecule has 0 aliphatic heterocycles. The molecule has 5 heteroatoms. The molecule has 0 amide bonds. The minimum absolute atomic E-state index is 0.144. The van der Waals surface area contributed by atoms with Gasteiger partial charge in [-0.15, -0.1) is 0 Å². The smallest absolute Gasteiger partial charge is 0.198 e. The SMILES string of the molecule is COC[C@@H](C)NCc1cc(F)c2oc(C(C)C)nc2c1. The summed E-state index contributed by atoms with van der Waals surface area (Å²) in [6.45, 7) is 7.15. The highest BCUT2D eigenvalue weighted by Crippen LogP contribution is 2.24. The highest BCUT2D eigenvalue weighted by molar-refractivity contribution is 5.74. The second-order valence-electron chi connectivity index (χ2n) is 5.37. The Morgan fingerprint density at radius 2 is 2.10 bits per heavy atom. The van der Waals surface area contributed by atoms with Gasteiger partial charge in [-0.2, -0.15) is 0 Å². The standard InChI is InChI=1S/C15H21FN2O2/c1-9(2)15-18-13-6-11(5-12(16)14(13)20-15)7-17-10(3)8-19-4/h5-6,9-10,17H,7-8H2,1-4H3/t10-/m1/s1. The van der Waals surface area contributed by atoms with Crippen molar-refractivity contribution < 1.29 is 13.5 Å². The van der Waals surface area contributed by atoms with E-state index in [2.05, 4.69) is 10.3 Å². The van der Waals surface area contributed by atoms with Gasteiger partial charge in [0.1, 0.15) is 5.52 Å². The molecular formula is C15H21FN2O2. The molecule has 2 aromatic rings. The third-order valence-electron chi connectivity index (χ3n) is 3.09. The Balaban J connectivity index is 2.19. The number of nitrogens with one attached hydrogen (secondary N) is 1. The molecular weight excluding hydrogens is 259 g/mol. The van der Waals surface area contributed by atoms with Crippen LogP contribution in [0, 0.1) is 5.82 Å². The number of ether oxygens (including phenoxy) is 1. The Morgan fingerprint density at radius 3 is 2.75 bits per heavy atom. The summed E-state index contributed by atoms with van der Waals surface area (Å²) in [4.78, 5) is 4.34. The van der Waals surface area contributed by atoms with E-state index in [0.29, 0.717) is 24.6 Å². The Morgan fingerprint density at radius 1 is 1.35 bits per heavy atom. The van der Waals surface area contributed by atoms with Gasteiger partial charge in [0.25, 0.3) is 0 Å². The van der Waals surface area contributed by atoms with Gasteiger partial charge in [-0.25, -0.2) is 9.37 Å². The summed E-state index contributed by atoms with van der Waals surface area (Å²) < 4.78 is 24.5. The Kier molecular flexibility index (Phi) is 4.73. The molecule has 1 aromatic carbocycles. The van der Waals surface area contributed by atoms with Crippen LogP contribution in [0.3, 0.4) is 0 Å². The zero-order valence-corrected chi connectivity index (χ0v) is 12.4. The lowest BCUT2D eigenvalue weighted by Crippen LogP contribution is -2.29. The molecule has 110 valence electrons. The predicted molar refractivity (Wildman–Crippen MR) is 76.2 cm³/mol. The highest BCUT2D eigenvalue weighted by atomic mass is 19.1. The van der Waals surface area contributed by atoms with Crippen molar-refractivity contribution >= 4 is 11.1 Å². The molecule has 0 fully saturated rings. The Labute approximate surface area is 118 Å². The molecule has 0 radical (unpaired) electrons. The van der Waals surface area contributed by atoms with Gasteiger partial charge >= 0.3 is 0 Å². The number of hydrogen-bond acceptors (Lipinski definition) is 4. The molecule has 1 atom stereocenters. The molecule has 0 saturated carbocycles. The second kappa shape index (κ2) is 6.33. The van der Waals surface area contributed by atoms with Gasteiger partial charge in [0, 0.05) is 25.6 Å². The van der Waals surface area contributed by atoms with Crippen LogP contribution >= 0.6 is 0 Å². The fourth-order valence-corrected chi connectivity index (χ4v) is 2.01. The molecule has 0 saturated heterocycles. The molecule has 4 nitrogen and oxygen atoms in total. The average molecular weight is 280 g/mol. The molecule has 1 heterocycles. The highest BCUT2D eigenvalue weighted by Gasteiger charge is 2.14. The monoisotopic (exact) mass is 280 g/mol. The molecule has 1 N–H and O–H groups in total. The second-order valence-corrected chi connectivity index (χ2v) is 5.37. The van der Waals surface area contributed by atoms with Gasteiger partial charge < -0.3 is 14.5 Å². The van der Waals surface area contributed by atoms with Crippen molar-refractivity contribution in [2.24, 2.45) is 0 Å². The Bertz CT molecular complexity index is 581. The van der Waals surface area contributed by atoms with Gasteiger partial charge in [0.05, 0.1) is 6.61 Å². The molecule has 0 spiro atoms. The topological polar surface area (TPSA) is 47.3 Å². The van der Waals surface area contributed by atoms with Crippen molar-refractivity contribution in [2.45, 2.75) is 39.3 Å². The first-order valence-electron chi connectivity index (χ1n) is 6.82. The van der Waals surface area contributed by atoms with E-state index in [1.165, 1.54) is 6.07 Å². The number of benzene rings is 1. The molecule has 0 bridgehead atoms.